The highest BCUT2D eigenvalue weighted by Gasteiger charge is 2.08. The molecule has 0 aromatic heterocycles. The van der Waals surface area contributed by atoms with Crippen LogP contribution in [0.15, 0.2) is 54.1 Å². The molecule has 0 atom stereocenters. The van der Waals surface area contributed by atoms with Gasteiger partial charge in [0, 0.05) is 19.8 Å². The first-order valence-corrected chi connectivity index (χ1v) is 9.38. The molecule has 5 nitrogen and oxygen atoms in total. The molecule has 0 aliphatic rings. The average molecular weight is 378 g/mol. The number of ether oxygens (including phenoxy) is 2. The summed E-state index contributed by atoms with van der Waals surface area (Å²) in [4.78, 5) is 12.1. The molecule has 0 unspecified atom stereocenters. The molecule has 0 spiro atoms. The number of hydrogen-bond donors (Lipinski definition) is 1. The molecular weight excluding hydrogens is 352 g/mol. The van der Waals surface area contributed by atoms with Crippen molar-refractivity contribution in [1.29, 1.82) is 5.26 Å². The molecule has 1 N–H and O–H groups in total. The van der Waals surface area contributed by atoms with E-state index in [1.807, 2.05) is 56.3 Å². The molecule has 0 heterocycles. The highest BCUT2D eigenvalue weighted by molar-refractivity contribution is 6.01. The highest BCUT2D eigenvalue weighted by Crippen LogP contribution is 2.16. The second-order valence-electron chi connectivity index (χ2n) is 6.32. The van der Waals surface area contributed by atoms with Gasteiger partial charge in [-0.2, -0.15) is 5.26 Å². The summed E-state index contributed by atoms with van der Waals surface area (Å²) in [5.74, 6) is 0.357. The summed E-state index contributed by atoms with van der Waals surface area (Å²) < 4.78 is 11.0. The van der Waals surface area contributed by atoms with Gasteiger partial charge >= 0.3 is 0 Å². The highest BCUT2D eigenvalue weighted by atomic mass is 16.5. The predicted octanol–water partition coefficient (Wildman–Crippen LogP) is 4.02. The van der Waals surface area contributed by atoms with Crippen LogP contribution >= 0.6 is 0 Å². The van der Waals surface area contributed by atoms with Gasteiger partial charge in [-0.3, -0.25) is 4.79 Å². The number of aryl methyl sites for hydroxylation is 1. The van der Waals surface area contributed by atoms with Gasteiger partial charge in [0.25, 0.3) is 5.91 Å². The maximum Gasteiger partial charge on any atom is 0.261 e. The van der Waals surface area contributed by atoms with Crippen molar-refractivity contribution in [3.05, 3.63) is 70.8 Å². The molecule has 0 fully saturated rings. The van der Waals surface area contributed by atoms with E-state index in [-0.39, 0.29) is 11.5 Å². The number of nitrogens with one attached hydrogen (secondary N) is 1. The molecule has 0 saturated heterocycles. The van der Waals surface area contributed by atoms with Crippen LogP contribution in [0, 0.1) is 18.3 Å². The Kier molecular flexibility index (Phi) is 8.77. The van der Waals surface area contributed by atoms with Crippen LogP contribution in [0.5, 0.6) is 5.75 Å². The van der Waals surface area contributed by atoms with Crippen molar-refractivity contribution in [2.75, 3.05) is 19.8 Å². The first-order chi connectivity index (χ1) is 13.6. The van der Waals surface area contributed by atoms with Crippen molar-refractivity contribution in [3.63, 3.8) is 0 Å². The Balaban J connectivity index is 1.88. The third-order valence-electron chi connectivity index (χ3n) is 4.04. The first kappa shape index (κ1) is 21.2. The maximum atomic E-state index is 12.1. The normalized spacial score (nSPS) is 11.0. The lowest BCUT2D eigenvalue weighted by molar-refractivity contribution is -0.117. The van der Waals surface area contributed by atoms with Gasteiger partial charge < -0.3 is 14.8 Å². The molecule has 28 heavy (non-hydrogen) atoms. The van der Waals surface area contributed by atoms with Gasteiger partial charge in [0.2, 0.25) is 0 Å². The third kappa shape index (κ3) is 7.26. The molecule has 5 heteroatoms. The molecule has 0 aliphatic heterocycles. The van der Waals surface area contributed by atoms with E-state index in [1.54, 1.807) is 6.08 Å². The summed E-state index contributed by atoms with van der Waals surface area (Å²) in [5, 5.41) is 12.0. The van der Waals surface area contributed by atoms with E-state index in [2.05, 4.69) is 17.4 Å². The number of amides is 1. The molecule has 2 rings (SSSR count). The predicted molar refractivity (Wildman–Crippen MR) is 110 cm³/mol. The van der Waals surface area contributed by atoms with Gasteiger partial charge in [-0.15, -0.1) is 0 Å². The Morgan fingerprint density at radius 1 is 1.14 bits per heavy atom. The van der Waals surface area contributed by atoms with E-state index >= 15 is 0 Å². The van der Waals surface area contributed by atoms with Gasteiger partial charge in [-0.25, -0.2) is 0 Å². The summed E-state index contributed by atoms with van der Waals surface area (Å²) in [5.41, 5.74) is 3.15. The van der Waals surface area contributed by atoms with Crippen LogP contribution in [-0.4, -0.2) is 25.7 Å². The van der Waals surface area contributed by atoms with E-state index in [0.29, 0.717) is 32.8 Å². The summed E-state index contributed by atoms with van der Waals surface area (Å²) >= 11 is 0. The van der Waals surface area contributed by atoms with E-state index < -0.39 is 0 Å². The van der Waals surface area contributed by atoms with Crippen molar-refractivity contribution >= 4 is 12.0 Å². The minimum absolute atomic E-state index is 0.0738. The topological polar surface area (TPSA) is 71.3 Å². The van der Waals surface area contributed by atoms with Gasteiger partial charge in [-0.1, -0.05) is 42.0 Å². The number of carbonyl (C=O) groups is 1. The number of benzene rings is 2. The van der Waals surface area contributed by atoms with Crippen LogP contribution in [0.3, 0.4) is 0 Å². The van der Waals surface area contributed by atoms with Gasteiger partial charge in [0.1, 0.15) is 24.0 Å². The minimum atomic E-state index is -0.376. The first-order valence-electron chi connectivity index (χ1n) is 9.38. The molecule has 1 amide bonds. The van der Waals surface area contributed by atoms with E-state index in [0.717, 1.165) is 16.9 Å². The monoisotopic (exact) mass is 378 g/mol. The quantitative estimate of drug-likeness (QED) is 0.385. The third-order valence-corrected chi connectivity index (χ3v) is 4.04. The van der Waals surface area contributed by atoms with Crippen molar-refractivity contribution in [1.82, 2.24) is 5.32 Å². The van der Waals surface area contributed by atoms with Crippen molar-refractivity contribution in [2.24, 2.45) is 0 Å². The van der Waals surface area contributed by atoms with Gasteiger partial charge in [0.15, 0.2) is 0 Å². The van der Waals surface area contributed by atoms with Crippen LogP contribution in [0.1, 0.15) is 30.0 Å². The van der Waals surface area contributed by atoms with Crippen LogP contribution in [0.2, 0.25) is 0 Å². The zero-order valence-electron chi connectivity index (χ0n) is 16.4. The van der Waals surface area contributed by atoms with E-state index in [4.69, 9.17) is 9.47 Å². The molecule has 0 aliphatic carbocycles. The van der Waals surface area contributed by atoms with E-state index in [9.17, 15) is 10.1 Å². The number of rotatable bonds is 10. The van der Waals surface area contributed by atoms with Crippen molar-refractivity contribution < 1.29 is 14.3 Å². The second-order valence-corrected chi connectivity index (χ2v) is 6.32. The molecule has 146 valence electrons. The fourth-order valence-electron chi connectivity index (χ4n) is 2.44. The van der Waals surface area contributed by atoms with Crippen LogP contribution < -0.4 is 10.1 Å². The molecule has 0 saturated carbocycles. The molecule has 2 aromatic carbocycles. The Morgan fingerprint density at radius 3 is 2.50 bits per heavy atom. The number of carbonyl (C=O) groups excluding carboxylic acids is 1. The summed E-state index contributed by atoms with van der Waals surface area (Å²) in [7, 11) is 0. The standard InChI is InChI=1S/C23H26N2O3/c1-3-27-14-4-13-25-23(26)21(16-24)15-19-9-11-22(12-10-19)28-17-20-7-5-18(2)6-8-20/h5-12,15H,3-4,13-14,17H2,1-2H3,(H,25,26)/b21-15+. The zero-order chi connectivity index (χ0) is 20.2. The largest absolute Gasteiger partial charge is 0.489 e. The number of nitriles is 1. The fourth-order valence-corrected chi connectivity index (χ4v) is 2.44. The fraction of sp³-hybridized carbons (Fsp3) is 0.304. The number of nitrogens with zero attached hydrogens (tertiary/aromatic N) is 1. The van der Waals surface area contributed by atoms with Crippen molar-refractivity contribution in [2.45, 2.75) is 26.9 Å². The zero-order valence-corrected chi connectivity index (χ0v) is 16.4. The smallest absolute Gasteiger partial charge is 0.261 e. The minimum Gasteiger partial charge on any atom is -0.489 e. The van der Waals surface area contributed by atoms with Gasteiger partial charge in [0.05, 0.1) is 0 Å². The second kappa shape index (κ2) is 11.6. The lowest BCUT2D eigenvalue weighted by Gasteiger charge is -2.07. The Labute approximate surface area is 166 Å². The lowest BCUT2D eigenvalue weighted by atomic mass is 10.1. The Hall–Kier alpha value is -3.10. The average Bonchev–Trinajstić information content (AvgIpc) is 2.72. The maximum absolute atomic E-state index is 12.1. The van der Waals surface area contributed by atoms with Crippen LogP contribution in [0.4, 0.5) is 0 Å². The summed E-state index contributed by atoms with van der Waals surface area (Å²) in [6, 6.07) is 17.4. The summed E-state index contributed by atoms with van der Waals surface area (Å²) in [6.45, 7) is 6.18. The SMILES string of the molecule is CCOCCCNC(=O)/C(C#N)=C/c1ccc(OCc2ccc(C)cc2)cc1. The van der Waals surface area contributed by atoms with Crippen LogP contribution in [0.25, 0.3) is 6.08 Å². The van der Waals surface area contributed by atoms with Crippen LogP contribution in [-0.2, 0) is 16.1 Å². The molecule has 2 aromatic rings. The van der Waals surface area contributed by atoms with Crippen molar-refractivity contribution in [3.8, 4) is 11.8 Å². The Bertz CT molecular complexity index is 818. The molecular formula is C23H26N2O3. The van der Waals surface area contributed by atoms with E-state index in [1.165, 1.54) is 5.56 Å². The Morgan fingerprint density at radius 2 is 1.86 bits per heavy atom. The summed E-state index contributed by atoms with van der Waals surface area (Å²) in [6.07, 6.45) is 2.28. The lowest BCUT2D eigenvalue weighted by Crippen LogP contribution is -2.26. The van der Waals surface area contributed by atoms with Gasteiger partial charge in [-0.05, 0) is 49.6 Å². The number of hydrogen-bond acceptors (Lipinski definition) is 4. The molecule has 0 radical (unpaired) electrons. The molecule has 0 bridgehead atoms.